The molecule has 1 heterocycles. The monoisotopic (exact) mass is 276 g/mol. The number of para-hydroxylation sites is 1. The molecule has 0 saturated carbocycles. The van der Waals surface area contributed by atoms with E-state index in [1.54, 1.807) is 7.11 Å². The third-order valence-electron chi connectivity index (χ3n) is 4.55. The second-order valence-electron chi connectivity index (χ2n) is 5.71. The molecule has 0 spiro atoms. The zero-order valence-corrected chi connectivity index (χ0v) is 13.1. The van der Waals surface area contributed by atoms with Crippen molar-refractivity contribution >= 4 is 0 Å². The summed E-state index contributed by atoms with van der Waals surface area (Å²) in [7, 11) is 3.84. The van der Waals surface area contributed by atoms with E-state index in [1.807, 2.05) is 0 Å². The van der Waals surface area contributed by atoms with Gasteiger partial charge in [-0.05, 0) is 56.9 Å². The highest BCUT2D eigenvalue weighted by Crippen LogP contribution is 2.33. The van der Waals surface area contributed by atoms with Crippen LogP contribution in [0.25, 0.3) is 0 Å². The fourth-order valence-electron chi connectivity index (χ4n) is 3.17. The molecule has 0 radical (unpaired) electrons. The average molecular weight is 276 g/mol. The van der Waals surface area contributed by atoms with E-state index in [-0.39, 0.29) is 0 Å². The quantitative estimate of drug-likeness (QED) is 0.864. The van der Waals surface area contributed by atoms with E-state index in [0.717, 1.165) is 5.75 Å². The Morgan fingerprint density at radius 3 is 2.60 bits per heavy atom. The summed E-state index contributed by atoms with van der Waals surface area (Å²) in [5.74, 6) is 1.70. The van der Waals surface area contributed by atoms with E-state index < -0.39 is 0 Å². The molecule has 1 aliphatic rings. The Bertz CT molecular complexity index is 396. The van der Waals surface area contributed by atoms with Gasteiger partial charge in [0.15, 0.2) is 0 Å². The van der Waals surface area contributed by atoms with E-state index >= 15 is 0 Å². The van der Waals surface area contributed by atoms with Crippen LogP contribution in [0.4, 0.5) is 0 Å². The Morgan fingerprint density at radius 1 is 1.30 bits per heavy atom. The number of nitrogens with zero attached hydrogens (tertiary/aromatic N) is 1. The first-order valence-electron chi connectivity index (χ1n) is 7.81. The smallest absolute Gasteiger partial charge is 0.122 e. The number of ether oxygens (including phenoxy) is 1. The van der Waals surface area contributed by atoms with Crippen LogP contribution in [-0.2, 0) is 0 Å². The van der Waals surface area contributed by atoms with Gasteiger partial charge in [0.05, 0.1) is 7.11 Å². The van der Waals surface area contributed by atoms with Gasteiger partial charge in [-0.1, -0.05) is 25.1 Å². The maximum absolute atomic E-state index is 5.50. The van der Waals surface area contributed by atoms with Crippen molar-refractivity contribution in [3.63, 3.8) is 0 Å². The molecule has 1 aromatic carbocycles. The maximum atomic E-state index is 5.50. The lowest BCUT2D eigenvalue weighted by Crippen LogP contribution is -2.42. The van der Waals surface area contributed by atoms with Crippen LogP contribution in [0.1, 0.15) is 37.7 Å². The van der Waals surface area contributed by atoms with Crippen molar-refractivity contribution in [3.8, 4) is 5.75 Å². The van der Waals surface area contributed by atoms with Crippen molar-refractivity contribution in [2.24, 2.45) is 0 Å². The van der Waals surface area contributed by atoms with Gasteiger partial charge in [-0.3, -0.25) is 0 Å². The van der Waals surface area contributed by atoms with Gasteiger partial charge >= 0.3 is 0 Å². The van der Waals surface area contributed by atoms with Gasteiger partial charge in [-0.25, -0.2) is 0 Å². The van der Waals surface area contributed by atoms with Crippen molar-refractivity contribution in [1.82, 2.24) is 10.2 Å². The lowest BCUT2D eigenvalue weighted by atomic mass is 9.88. The first kappa shape index (κ1) is 15.3. The number of methoxy groups -OCH3 is 1. The summed E-state index contributed by atoms with van der Waals surface area (Å²) in [6, 6.07) is 9.10. The average Bonchev–Trinajstić information content (AvgIpc) is 2.53. The highest BCUT2D eigenvalue weighted by molar-refractivity contribution is 5.36. The topological polar surface area (TPSA) is 24.5 Å². The predicted molar refractivity (Wildman–Crippen MR) is 84.5 cm³/mol. The van der Waals surface area contributed by atoms with Crippen LogP contribution in [-0.4, -0.2) is 44.7 Å². The molecule has 1 aliphatic heterocycles. The van der Waals surface area contributed by atoms with E-state index in [2.05, 4.69) is 48.5 Å². The molecule has 1 aromatic rings. The number of nitrogens with one attached hydrogen (secondary N) is 1. The van der Waals surface area contributed by atoms with Crippen LogP contribution < -0.4 is 10.1 Å². The summed E-state index contributed by atoms with van der Waals surface area (Å²) in [6.07, 6.45) is 3.67. The lowest BCUT2D eigenvalue weighted by molar-refractivity contribution is 0.191. The molecule has 1 fully saturated rings. The van der Waals surface area contributed by atoms with Crippen LogP contribution in [0.5, 0.6) is 5.75 Å². The maximum Gasteiger partial charge on any atom is 0.122 e. The zero-order chi connectivity index (χ0) is 14.4. The predicted octanol–water partition coefficient (Wildman–Crippen LogP) is 2.87. The first-order valence-corrected chi connectivity index (χ1v) is 7.81. The Labute approximate surface area is 123 Å². The van der Waals surface area contributed by atoms with E-state index in [0.29, 0.717) is 12.0 Å². The number of hydrogen-bond donors (Lipinski definition) is 1. The number of benzene rings is 1. The third kappa shape index (κ3) is 3.74. The van der Waals surface area contributed by atoms with Gasteiger partial charge in [-0.2, -0.15) is 0 Å². The Kier molecular flexibility index (Phi) is 5.86. The summed E-state index contributed by atoms with van der Waals surface area (Å²) in [5, 5.41) is 3.40. The highest BCUT2D eigenvalue weighted by atomic mass is 16.5. The largest absolute Gasteiger partial charge is 0.496 e. The summed E-state index contributed by atoms with van der Waals surface area (Å²) >= 11 is 0. The standard InChI is InChI=1S/C17H28N2O/c1-4-15(18-2)13-19-11-9-14(10-12-19)16-7-5-6-8-17(16)20-3/h5-8,14-15,18H,4,9-13H2,1-3H3. The van der Waals surface area contributed by atoms with E-state index in [1.165, 1.54) is 44.5 Å². The minimum absolute atomic E-state index is 0.623. The summed E-state index contributed by atoms with van der Waals surface area (Å²) in [4.78, 5) is 2.59. The van der Waals surface area contributed by atoms with Crippen LogP contribution in [0.3, 0.4) is 0 Å². The van der Waals surface area contributed by atoms with Gasteiger partial charge in [0.2, 0.25) is 0 Å². The summed E-state index contributed by atoms with van der Waals surface area (Å²) in [5.41, 5.74) is 1.38. The number of likely N-dealkylation sites (tertiary alicyclic amines) is 1. The molecule has 0 aromatic heterocycles. The van der Waals surface area contributed by atoms with E-state index in [9.17, 15) is 0 Å². The Hall–Kier alpha value is -1.06. The fraction of sp³-hybridized carbons (Fsp3) is 0.647. The SMILES string of the molecule is CCC(CN1CCC(c2ccccc2OC)CC1)NC. The molecular weight excluding hydrogens is 248 g/mol. The van der Waals surface area contributed by atoms with Crippen LogP contribution >= 0.6 is 0 Å². The normalized spacial score (nSPS) is 18.9. The van der Waals surface area contributed by atoms with Crippen LogP contribution in [0.15, 0.2) is 24.3 Å². The minimum Gasteiger partial charge on any atom is -0.496 e. The molecule has 1 saturated heterocycles. The van der Waals surface area contributed by atoms with Gasteiger partial charge in [0.1, 0.15) is 5.75 Å². The van der Waals surface area contributed by atoms with Crippen molar-refractivity contribution in [1.29, 1.82) is 0 Å². The lowest BCUT2D eigenvalue weighted by Gasteiger charge is -2.34. The summed E-state index contributed by atoms with van der Waals surface area (Å²) < 4.78 is 5.50. The second kappa shape index (κ2) is 7.65. The van der Waals surface area contributed by atoms with Crippen molar-refractivity contribution in [3.05, 3.63) is 29.8 Å². The minimum atomic E-state index is 0.623. The zero-order valence-electron chi connectivity index (χ0n) is 13.1. The molecule has 1 N–H and O–H groups in total. The number of piperidine rings is 1. The molecule has 3 nitrogen and oxygen atoms in total. The number of likely N-dealkylation sites (N-methyl/N-ethyl adjacent to an activating group) is 1. The molecule has 1 unspecified atom stereocenters. The molecule has 3 heteroatoms. The number of hydrogen-bond acceptors (Lipinski definition) is 3. The molecule has 112 valence electrons. The van der Waals surface area contributed by atoms with Gasteiger partial charge < -0.3 is 15.0 Å². The van der Waals surface area contributed by atoms with Crippen molar-refractivity contribution in [2.75, 3.05) is 33.8 Å². The summed E-state index contributed by atoms with van der Waals surface area (Å²) in [6.45, 7) is 5.82. The Balaban J connectivity index is 1.91. The van der Waals surface area contributed by atoms with Crippen LogP contribution in [0.2, 0.25) is 0 Å². The fourth-order valence-corrected chi connectivity index (χ4v) is 3.17. The third-order valence-corrected chi connectivity index (χ3v) is 4.55. The second-order valence-corrected chi connectivity index (χ2v) is 5.71. The van der Waals surface area contributed by atoms with Crippen molar-refractivity contribution < 1.29 is 4.74 Å². The molecule has 20 heavy (non-hydrogen) atoms. The van der Waals surface area contributed by atoms with Crippen LogP contribution in [0, 0.1) is 0 Å². The van der Waals surface area contributed by atoms with Gasteiger partial charge in [0, 0.05) is 12.6 Å². The highest BCUT2D eigenvalue weighted by Gasteiger charge is 2.23. The molecule has 0 amide bonds. The van der Waals surface area contributed by atoms with Gasteiger partial charge in [-0.15, -0.1) is 0 Å². The van der Waals surface area contributed by atoms with Crippen molar-refractivity contribution in [2.45, 2.75) is 38.1 Å². The molecule has 1 atom stereocenters. The number of rotatable bonds is 6. The van der Waals surface area contributed by atoms with Gasteiger partial charge in [0.25, 0.3) is 0 Å². The molecular formula is C17H28N2O. The molecule has 0 aliphatic carbocycles. The molecule has 0 bridgehead atoms. The first-order chi connectivity index (χ1) is 9.78. The van der Waals surface area contributed by atoms with E-state index in [4.69, 9.17) is 4.74 Å². The molecule has 2 rings (SSSR count). The Morgan fingerprint density at radius 2 is 2.00 bits per heavy atom.